The molecular weight excluding hydrogens is 274 g/mol. The van der Waals surface area contributed by atoms with Gasteiger partial charge < -0.3 is 14.4 Å². The van der Waals surface area contributed by atoms with E-state index in [1.54, 1.807) is 4.90 Å². The van der Waals surface area contributed by atoms with Gasteiger partial charge in [-0.05, 0) is 42.4 Å². The summed E-state index contributed by atoms with van der Waals surface area (Å²) in [6.45, 7) is 15.1. The molecule has 2 rings (SSSR count). The summed E-state index contributed by atoms with van der Waals surface area (Å²) in [5, 5.41) is 0. The zero-order valence-electron chi connectivity index (χ0n) is 14.7. The first-order chi connectivity index (χ1) is 10.5. The van der Waals surface area contributed by atoms with Gasteiger partial charge in [-0.3, -0.25) is 0 Å². The molecule has 0 aromatic heterocycles. The van der Waals surface area contributed by atoms with Gasteiger partial charge in [0.1, 0.15) is 18.8 Å². The van der Waals surface area contributed by atoms with Gasteiger partial charge in [0.2, 0.25) is 0 Å². The smallest absolute Gasteiger partial charge is 0.123 e. The fourth-order valence-electron chi connectivity index (χ4n) is 2.94. The molecule has 3 nitrogen and oxygen atoms in total. The van der Waals surface area contributed by atoms with Crippen molar-refractivity contribution in [2.24, 2.45) is 0 Å². The lowest BCUT2D eigenvalue weighted by Gasteiger charge is -2.24. The van der Waals surface area contributed by atoms with Crippen molar-refractivity contribution in [1.29, 1.82) is 0 Å². The molecule has 0 aliphatic carbocycles. The SMILES string of the molecule is Cc1ccc(C(C)(C)C)c(OCCCC[NH+]2CCOCC2)c1. The Balaban J connectivity index is 1.77. The van der Waals surface area contributed by atoms with Crippen LogP contribution in [0.4, 0.5) is 0 Å². The number of nitrogens with one attached hydrogen (secondary N) is 1. The van der Waals surface area contributed by atoms with E-state index in [4.69, 9.17) is 9.47 Å². The van der Waals surface area contributed by atoms with Crippen molar-refractivity contribution in [3.63, 3.8) is 0 Å². The largest absolute Gasteiger partial charge is 0.493 e. The van der Waals surface area contributed by atoms with E-state index in [0.29, 0.717) is 0 Å². The van der Waals surface area contributed by atoms with E-state index in [9.17, 15) is 0 Å². The number of hydrogen-bond donors (Lipinski definition) is 1. The molecule has 0 atom stereocenters. The van der Waals surface area contributed by atoms with Gasteiger partial charge in [-0.25, -0.2) is 0 Å². The average molecular weight is 306 g/mol. The second-order valence-corrected chi connectivity index (χ2v) is 7.42. The molecule has 22 heavy (non-hydrogen) atoms. The van der Waals surface area contributed by atoms with Crippen LogP contribution in [0.25, 0.3) is 0 Å². The van der Waals surface area contributed by atoms with Gasteiger partial charge in [-0.1, -0.05) is 32.9 Å². The van der Waals surface area contributed by atoms with Crippen molar-refractivity contribution in [2.45, 2.75) is 46.0 Å². The van der Waals surface area contributed by atoms with E-state index in [0.717, 1.165) is 45.1 Å². The second kappa shape index (κ2) is 7.98. The van der Waals surface area contributed by atoms with Crippen LogP contribution in [0.1, 0.15) is 44.7 Å². The standard InChI is InChI=1S/C19H31NO2/c1-16-7-8-17(19(2,3)4)18(15-16)22-12-6-5-9-20-10-13-21-14-11-20/h7-8,15H,5-6,9-14H2,1-4H3/p+1. The number of rotatable bonds is 6. The highest BCUT2D eigenvalue weighted by atomic mass is 16.5. The van der Waals surface area contributed by atoms with E-state index in [-0.39, 0.29) is 5.41 Å². The maximum absolute atomic E-state index is 6.10. The molecule has 124 valence electrons. The maximum Gasteiger partial charge on any atom is 0.123 e. The van der Waals surface area contributed by atoms with E-state index in [1.807, 2.05) is 0 Å². The molecular formula is C19H32NO2+. The molecule has 0 radical (unpaired) electrons. The third-order valence-corrected chi connectivity index (χ3v) is 4.33. The quantitative estimate of drug-likeness (QED) is 0.816. The molecule has 3 heteroatoms. The Bertz CT molecular complexity index is 459. The summed E-state index contributed by atoms with van der Waals surface area (Å²) >= 11 is 0. The van der Waals surface area contributed by atoms with Crippen molar-refractivity contribution in [1.82, 2.24) is 0 Å². The predicted molar refractivity (Wildman–Crippen MR) is 91.0 cm³/mol. The lowest BCUT2D eigenvalue weighted by molar-refractivity contribution is -0.908. The highest BCUT2D eigenvalue weighted by Crippen LogP contribution is 2.32. The molecule has 1 heterocycles. The fourth-order valence-corrected chi connectivity index (χ4v) is 2.94. The Kier molecular flexibility index (Phi) is 6.27. The van der Waals surface area contributed by atoms with E-state index >= 15 is 0 Å². The topological polar surface area (TPSA) is 22.9 Å². The normalized spacial score (nSPS) is 16.7. The van der Waals surface area contributed by atoms with E-state index in [2.05, 4.69) is 45.9 Å². The van der Waals surface area contributed by atoms with Crippen molar-refractivity contribution >= 4 is 0 Å². The third kappa shape index (κ3) is 5.29. The van der Waals surface area contributed by atoms with Crippen molar-refractivity contribution in [3.05, 3.63) is 29.3 Å². The zero-order chi connectivity index (χ0) is 16.0. The van der Waals surface area contributed by atoms with Gasteiger partial charge >= 0.3 is 0 Å². The van der Waals surface area contributed by atoms with Crippen molar-refractivity contribution in [3.8, 4) is 5.75 Å². The van der Waals surface area contributed by atoms with Crippen LogP contribution in [-0.2, 0) is 10.2 Å². The van der Waals surface area contributed by atoms with Crippen LogP contribution in [-0.4, -0.2) is 39.5 Å². The number of hydrogen-bond acceptors (Lipinski definition) is 2. The van der Waals surface area contributed by atoms with Gasteiger partial charge in [-0.15, -0.1) is 0 Å². The molecule has 1 saturated heterocycles. The number of morpholine rings is 1. The minimum absolute atomic E-state index is 0.126. The Labute approximate surface area is 135 Å². The lowest BCUT2D eigenvalue weighted by atomic mass is 9.86. The van der Waals surface area contributed by atoms with Gasteiger partial charge in [0.25, 0.3) is 0 Å². The molecule has 1 aliphatic heterocycles. The molecule has 0 bridgehead atoms. The van der Waals surface area contributed by atoms with Gasteiger partial charge in [0.05, 0.1) is 26.4 Å². The molecule has 1 fully saturated rings. The molecule has 0 amide bonds. The number of benzene rings is 1. The Morgan fingerprint density at radius 2 is 1.86 bits per heavy atom. The molecule has 0 unspecified atom stereocenters. The minimum Gasteiger partial charge on any atom is -0.493 e. The molecule has 0 saturated carbocycles. The Morgan fingerprint density at radius 3 is 2.55 bits per heavy atom. The lowest BCUT2D eigenvalue weighted by Crippen LogP contribution is -3.14. The summed E-state index contributed by atoms with van der Waals surface area (Å²) < 4.78 is 11.5. The van der Waals surface area contributed by atoms with Crippen molar-refractivity contribution in [2.75, 3.05) is 39.5 Å². The zero-order valence-corrected chi connectivity index (χ0v) is 14.7. The molecule has 1 aliphatic rings. The first-order valence-corrected chi connectivity index (χ1v) is 8.62. The average Bonchev–Trinajstić information content (AvgIpc) is 2.47. The van der Waals surface area contributed by atoms with Crippen LogP contribution in [0.3, 0.4) is 0 Å². The maximum atomic E-state index is 6.10. The summed E-state index contributed by atoms with van der Waals surface area (Å²) in [6, 6.07) is 6.56. The molecule has 1 N–H and O–H groups in total. The molecule has 0 spiro atoms. The van der Waals surface area contributed by atoms with Crippen LogP contribution in [0.5, 0.6) is 5.75 Å². The van der Waals surface area contributed by atoms with E-state index < -0.39 is 0 Å². The predicted octanol–water partition coefficient (Wildman–Crippen LogP) is 2.37. The number of quaternary nitrogens is 1. The summed E-state index contributed by atoms with van der Waals surface area (Å²) in [6.07, 6.45) is 2.36. The number of unbranched alkanes of at least 4 members (excludes halogenated alkanes) is 1. The van der Waals surface area contributed by atoms with Crippen LogP contribution < -0.4 is 9.64 Å². The third-order valence-electron chi connectivity index (χ3n) is 4.33. The van der Waals surface area contributed by atoms with Crippen molar-refractivity contribution < 1.29 is 14.4 Å². The number of ether oxygens (including phenoxy) is 2. The summed E-state index contributed by atoms with van der Waals surface area (Å²) in [4.78, 5) is 1.68. The van der Waals surface area contributed by atoms with Crippen LogP contribution >= 0.6 is 0 Å². The molecule has 1 aromatic carbocycles. The van der Waals surface area contributed by atoms with E-state index in [1.165, 1.54) is 24.1 Å². The first-order valence-electron chi connectivity index (χ1n) is 8.62. The number of aryl methyl sites for hydroxylation is 1. The Morgan fingerprint density at radius 1 is 1.14 bits per heavy atom. The van der Waals surface area contributed by atoms with Gasteiger partial charge in [-0.2, -0.15) is 0 Å². The minimum atomic E-state index is 0.126. The summed E-state index contributed by atoms with van der Waals surface area (Å²) in [5.41, 5.74) is 2.69. The highest BCUT2D eigenvalue weighted by Gasteiger charge is 2.19. The monoisotopic (exact) mass is 306 g/mol. The van der Waals surface area contributed by atoms with Crippen LogP contribution in [0, 0.1) is 6.92 Å². The van der Waals surface area contributed by atoms with Gasteiger partial charge in [0.15, 0.2) is 0 Å². The van der Waals surface area contributed by atoms with Crippen LogP contribution in [0.2, 0.25) is 0 Å². The Hall–Kier alpha value is -1.06. The van der Waals surface area contributed by atoms with Gasteiger partial charge in [0, 0.05) is 0 Å². The molecule has 1 aromatic rings. The highest BCUT2D eigenvalue weighted by molar-refractivity contribution is 5.41. The first kappa shape index (κ1) is 17.3. The summed E-state index contributed by atoms with van der Waals surface area (Å²) in [5.74, 6) is 1.06. The fraction of sp³-hybridized carbons (Fsp3) is 0.684. The van der Waals surface area contributed by atoms with Crippen LogP contribution in [0.15, 0.2) is 18.2 Å². The summed E-state index contributed by atoms with van der Waals surface area (Å²) in [7, 11) is 0. The second-order valence-electron chi connectivity index (χ2n) is 7.42.